The molecule has 0 fully saturated rings. The Kier molecular flexibility index (Phi) is 3.08. The standard InChI is InChI=1S/C13H12N2O4/c1-8-12(9(2)16)15(19)7-14(8)11-5-3-10(4-6-11)13(17)18/h3-7H,1-2H3,(H,17,18). The maximum atomic E-state index is 11.6. The molecule has 0 radical (unpaired) electrons. The number of ketones is 1. The Bertz CT molecular complexity index is 656. The molecule has 0 aliphatic heterocycles. The molecule has 19 heavy (non-hydrogen) atoms. The summed E-state index contributed by atoms with van der Waals surface area (Å²) >= 11 is 0. The number of benzene rings is 1. The number of aromatic carboxylic acids is 1. The van der Waals surface area contributed by atoms with E-state index in [1.807, 2.05) is 0 Å². The molecule has 0 atom stereocenters. The van der Waals surface area contributed by atoms with Crippen molar-refractivity contribution < 1.29 is 19.4 Å². The fraction of sp³-hybridized carbons (Fsp3) is 0.154. The van der Waals surface area contributed by atoms with Crippen molar-refractivity contribution in [2.45, 2.75) is 13.8 Å². The molecule has 1 N–H and O–H groups in total. The van der Waals surface area contributed by atoms with E-state index in [1.54, 1.807) is 23.6 Å². The average Bonchev–Trinajstić information content (AvgIpc) is 2.65. The number of aromatic nitrogens is 2. The lowest BCUT2D eigenvalue weighted by Crippen LogP contribution is -2.30. The van der Waals surface area contributed by atoms with Crippen molar-refractivity contribution in [1.29, 1.82) is 0 Å². The monoisotopic (exact) mass is 260 g/mol. The van der Waals surface area contributed by atoms with Gasteiger partial charge in [-0.05, 0) is 24.3 Å². The Labute approximate surface area is 109 Å². The molecule has 6 heteroatoms. The topological polar surface area (TPSA) is 86.2 Å². The van der Waals surface area contributed by atoms with E-state index in [9.17, 15) is 14.8 Å². The molecule has 0 bridgehead atoms. The quantitative estimate of drug-likeness (QED) is 0.512. The molecule has 2 rings (SSSR count). The molecule has 98 valence electrons. The van der Waals surface area contributed by atoms with Gasteiger partial charge in [-0.2, -0.15) is 4.57 Å². The van der Waals surface area contributed by atoms with Gasteiger partial charge >= 0.3 is 5.97 Å². The highest BCUT2D eigenvalue weighted by Gasteiger charge is 2.21. The summed E-state index contributed by atoms with van der Waals surface area (Å²) in [6.07, 6.45) is 1.25. The molecule has 1 heterocycles. The predicted octanol–water partition coefficient (Wildman–Crippen LogP) is 1.32. The maximum Gasteiger partial charge on any atom is 0.335 e. The van der Waals surface area contributed by atoms with Gasteiger partial charge in [-0.15, -0.1) is 0 Å². The Hall–Kier alpha value is -2.63. The van der Waals surface area contributed by atoms with Crippen molar-refractivity contribution in [2.75, 3.05) is 0 Å². The van der Waals surface area contributed by atoms with Crippen LogP contribution >= 0.6 is 0 Å². The smallest absolute Gasteiger partial charge is 0.335 e. The Balaban J connectivity index is 2.51. The number of carbonyl (C=O) groups is 2. The third kappa shape index (κ3) is 2.20. The van der Waals surface area contributed by atoms with E-state index in [-0.39, 0.29) is 17.0 Å². The number of hydrogen-bond donors (Lipinski definition) is 1. The lowest BCUT2D eigenvalue weighted by molar-refractivity contribution is -0.606. The van der Waals surface area contributed by atoms with Gasteiger partial charge in [0.25, 0.3) is 6.33 Å². The molecule has 2 aromatic rings. The first kappa shape index (κ1) is 12.8. The van der Waals surface area contributed by atoms with E-state index >= 15 is 0 Å². The first-order chi connectivity index (χ1) is 8.91. The first-order valence-electron chi connectivity index (χ1n) is 5.57. The van der Waals surface area contributed by atoms with Crippen molar-refractivity contribution in [3.8, 4) is 5.69 Å². The molecule has 0 aliphatic carbocycles. The van der Waals surface area contributed by atoms with Crippen molar-refractivity contribution in [2.24, 2.45) is 0 Å². The molecular weight excluding hydrogens is 248 g/mol. The van der Waals surface area contributed by atoms with Crippen LogP contribution in [-0.4, -0.2) is 21.4 Å². The maximum absolute atomic E-state index is 11.6. The Morgan fingerprint density at radius 3 is 2.26 bits per heavy atom. The molecule has 0 amide bonds. The molecule has 0 aliphatic rings. The number of carboxylic acid groups (broad SMARTS) is 1. The van der Waals surface area contributed by atoms with Gasteiger partial charge in [0.2, 0.25) is 11.5 Å². The number of rotatable bonds is 3. The summed E-state index contributed by atoms with van der Waals surface area (Å²) in [6.45, 7) is 2.99. The number of hydrogen-bond acceptors (Lipinski definition) is 3. The summed E-state index contributed by atoms with van der Waals surface area (Å²) in [5, 5.41) is 20.4. The summed E-state index contributed by atoms with van der Waals surface area (Å²) in [4.78, 5) is 22.1. The van der Waals surface area contributed by atoms with Gasteiger partial charge in [0.05, 0.1) is 5.56 Å². The highest BCUT2D eigenvalue weighted by Crippen LogP contribution is 2.14. The van der Waals surface area contributed by atoms with Gasteiger partial charge in [-0.25, -0.2) is 9.52 Å². The zero-order valence-electron chi connectivity index (χ0n) is 10.5. The summed E-state index contributed by atoms with van der Waals surface area (Å²) in [5.74, 6) is -1.33. The van der Waals surface area contributed by atoms with E-state index in [0.29, 0.717) is 16.1 Å². The third-order valence-corrected chi connectivity index (χ3v) is 2.87. The lowest BCUT2D eigenvalue weighted by atomic mass is 10.2. The fourth-order valence-corrected chi connectivity index (χ4v) is 1.96. The van der Waals surface area contributed by atoms with Gasteiger partial charge in [-0.1, -0.05) is 0 Å². The minimum atomic E-state index is -1.01. The molecule has 0 unspecified atom stereocenters. The van der Waals surface area contributed by atoms with E-state index in [1.165, 1.54) is 25.4 Å². The predicted molar refractivity (Wildman–Crippen MR) is 66.4 cm³/mol. The largest absolute Gasteiger partial charge is 0.710 e. The summed E-state index contributed by atoms with van der Waals surface area (Å²) in [5.41, 5.74) is 1.39. The number of imidazole rings is 1. The first-order valence-corrected chi connectivity index (χ1v) is 5.57. The van der Waals surface area contributed by atoms with E-state index < -0.39 is 5.97 Å². The Morgan fingerprint density at radius 2 is 1.84 bits per heavy atom. The van der Waals surface area contributed by atoms with Crippen LogP contribution in [0.2, 0.25) is 0 Å². The highest BCUT2D eigenvalue weighted by molar-refractivity contribution is 5.92. The van der Waals surface area contributed by atoms with Crippen LogP contribution in [0.15, 0.2) is 30.6 Å². The van der Waals surface area contributed by atoms with E-state index in [4.69, 9.17) is 5.11 Å². The second-order valence-corrected chi connectivity index (χ2v) is 4.15. The van der Waals surface area contributed by atoms with Crippen LogP contribution in [0.1, 0.15) is 33.5 Å². The molecule has 0 spiro atoms. The third-order valence-electron chi connectivity index (χ3n) is 2.87. The van der Waals surface area contributed by atoms with Gasteiger partial charge < -0.3 is 10.3 Å². The van der Waals surface area contributed by atoms with Crippen molar-refractivity contribution in [3.05, 3.63) is 52.8 Å². The van der Waals surface area contributed by atoms with Crippen molar-refractivity contribution in [1.82, 2.24) is 4.57 Å². The van der Waals surface area contributed by atoms with Gasteiger partial charge in [-0.3, -0.25) is 4.79 Å². The molecule has 0 saturated heterocycles. The lowest BCUT2D eigenvalue weighted by Gasteiger charge is -1.99. The summed E-state index contributed by atoms with van der Waals surface area (Å²) < 4.78 is 2.07. The Morgan fingerprint density at radius 1 is 1.26 bits per heavy atom. The minimum Gasteiger partial charge on any atom is -0.710 e. The second-order valence-electron chi connectivity index (χ2n) is 4.15. The van der Waals surface area contributed by atoms with E-state index in [2.05, 4.69) is 0 Å². The number of carbonyl (C=O) groups excluding carboxylic acids is 1. The van der Waals surface area contributed by atoms with Crippen LogP contribution in [0.25, 0.3) is 5.69 Å². The van der Waals surface area contributed by atoms with Crippen LogP contribution in [-0.2, 0) is 0 Å². The van der Waals surface area contributed by atoms with Crippen LogP contribution in [0.4, 0.5) is 0 Å². The van der Waals surface area contributed by atoms with Gasteiger partial charge in [0.15, 0.2) is 5.69 Å². The van der Waals surface area contributed by atoms with Gasteiger partial charge in [0.1, 0.15) is 5.69 Å². The SMILES string of the molecule is CC(=O)c1c(C)n(-c2ccc(C(=O)O)cc2)c[n+]1[O-]. The van der Waals surface area contributed by atoms with Gasteiger partial charge in [0, 0.05) is 13.8 Å². The second kappa shape index (κ2) is 4.56. The average molecular weight is 260 g/mol. The zero-order chi connectivity index (χ0) is 14.2. The normalized spacial score (nSPS) is 10.4. The van der Waals surface area contributed by atoms with Crippen LogP contribution in [0.3, 0.4) is 0 Å². The van der Waals surface area contributed by atoms with Crippen molar-refractivity contribution >= 4 is 11.8 Å². The number of carboxylic acids is 1. The minimum absolute atomic E-state index is 0.0855. The van der Waals surface area contributed by atoms with Crippen LogP contribution in [0, 0.1) is 12.1 Å². The zero-order valence-corrected chi connectivity index (χ0v) is 10.5. The molecule has 1 aromatic carbocycles. The van der Waals surface area contributed by atoms with E-state index in [0.717, 1.165) is 0 Å². The summed E-state index contributed by atoms with van der Waals surface area (Å²) in [7, 11) is 0. The van der Waals surface area contributed by atoms with Crippen LogP contribution < -0.4 is 4.73 Å². The van der Waals surface area contributed by atoms with Crippen LogP contribution in [0.5, 0.6) is 0 Å². The molecule has 0 saturated carbocycles. The molecule has 1 aromatic heterocycles. The number of nitrogens with zero attached hydrogens (tertiary/aromatic N) is 2. The summed E-state index contributed by atoms with van der Waals surface area (Å²) in [6, 6.07) is 6.06. The highest BCUT2D eigenvalue weighted by atomic mass is 16.5. The number of Topliss-reactive ketones (excluding diaryl/α,β-unsaturated/α-hetero) is 1. The molecule has 6 nitrogen and oxygen atoms in total. The molecular formula is C13H12N2O4. The van der Waals surface area contributed by atoms with Crippen molar-refractivity contribution in [3.63, 3.8) is 0 Å². The fourth-order valence-electron chi connectivity index (χ4n) is 1.96.